The lowest BCUT2D eigenvalue weighted by Crippen LogP contribution is -2.37. The number of aldehydes is 1. The molecule has 25 heavy (non-hydrogen) atoms. The molecule has 2 N–H and O–H groups in total. The van der Waals surface area contributed by atoms with E-state index in [2.05, 4.69) is 13.5 Å². The number of allylic oxidation sites excluding steroid dienone is 1. The fourth-order valence-corrected chi connectivity index (χ4v) is 7.76. The van der Waals surface area contributed by atoms with E-state index in [4.69, 9.17) is 5.73 Å². The van der Waals surface area contributed by atoms with Gasteiger partial charge in [-0.15, -0.1) is 0 Å². The number of rotatable bonds is 5. The van der Waals surface area contributed by atoms with E-state index in [0.29, 0.717) is 11.8 Å². The average Bonchev–Trinajstić information content (AvgIpc) is 3.11. The van der Waals surface area contributed by atoms with Crippen LogP contribution in [0.1, 0.15) is 77.6 Å². The van der Waals surface area contributed by atoms with Crippen molar-refractivity contribution in [2.45, 2.75) is 83.6 Å². The van der Waals surface area contributed by atoms with E-state index < -0.39 is 0 Å². The zero-order chi connectivity index (χ0) is 17.6. The highest BCUT2D eigenvalue weighted by Gasteiger charge is 2.70. The molecule has 0 spiro atoms. The van der Waals surface area contributed by atoms with Gasteiger partial charge in [0.15, 0.2) is 0 Å². The third kappa shape index (κ3) is 2.74. The Hall–Kier alpha value is -0.630. The van der Waals surface area contributed by atoms with Crippen LogP contribution in [0.4, 0.5) is 0 Å². The lowest BCUT2D eigenvalue weighted by molar-refractivity contribution is -0.110. The minimum Gasteiger partial charge on any atom is -0.321 e. The van der Waals surface area contributed by atoms with Gasteiger partial charge in [0, 0.05) is 0 Å². The van der Waals surface area contributed by atoms with Crippen molar-refractivity contribution >= 4 is 6.29 Å². The Labute approximate surface area is 154 Å². The summed E-state index contributed by atoms with van der Waals surface area (Å²) in [5.74, 6) is 4.75. The van der Waals surface area contributed by atoms with Crippen LogP contribution in [0.15, 0.2) is 12.2 Å². The molecule has 0 heterocycles. The van der Waals surface area contributed by atoms with Gasteiger partial charge >= 0.3 is 0 Å². The normalized spacial score (nSPS) is 45.4. The van der Waals surface area contributed by atoms with Crippen LogP contribution in [0.5, 0.6) is 0 Å². The molecule has 0 aromatic heterocycles. The Morgan fingerprint density at radius 2 is 1.96 bits per heavy atom. The molecule has 0 saturated heterocycles. The van der Waals surface area contributed by atoms with Crippen LogP contribution in [0.25, 0.3) is 0 Å². The smallest absolute Gasteiger partial charge is 0.137 e. The summed E-state index contributed by atoms with van der Waals surface area (Å²) < 4.78 is 0. The van der Waals surface area contributed by atoms with Gasteiger partial charge in [0.25, 0.3) is 0 Å². The molecule has 2 heteroatoms. The summed E-state index contributed by atoms with van der Waals surface area (Å²) in [6.07, 6.45) is 15.8. The molecule has 7 atom stereocenters. The second-order valence-electron chi connectivity index (χ2n) is 9.75. The van der Waals surface area contributed by atoms with Gasteiger partial charge in [-0.3, -0.25) is 0 Å². The molecule has 4 aliphatic carbocycles. The lowest BCUT2D eigenvalue weighted by atomic mass is 9.78. The SMILES string of the molecule is C=C1CCC2C(C3CC(C4CCCCC4)CC13)C2(CCC)C(N)C=O. The maximum atomic E-state index is 11.6. The van der Waals surface area contributed by atoms with Crippen molar-refractivity contribution in [3.63, 3.8) is 0 Å². The molecule has 4 saturated carbocycles. The van der Waals surface area contributed by atoms with Crippen molar-refractivity contribution < 1.29 is 4.79 Å². The first-order chi connectivity index (χ1) is 12.1. The van der Waals surface area contributed by atoms with Gasteiger partial charge < -0.3 is 10.5 Å². The van der Waals surface area contributed by atoms with Crippen LogP contribution in [-0.2, 0) is 4.79 Å². The van der Waals surface area contributed by atoms with Gasteiger partial charge in [0.05, 0.1) is 6.04 Å². The summed E-state index contributed by atoms with van der Waals surface area (Å²) in [6, 6.07) is -0.247. The lowest BCUT2D eigenvalue weighted by Gasteiger charge is -2.28. The zero-order valence-corrected chi connectivity index (χ0v) is 16.1. The highest BCUT2D eigenvalue weighted by Crippen LogP contribution is 2.73. The number of fused-ring (bicyclic) bond motifs is 3. The van der Waals surface area contributed by atoms with E-state index in [0.717, 1.165) is 42.8 Å². The Morgan fingerprint density at radius 3 is 2.64 bits per heavy atom. The molecule has 0 aromatic carbocycles. The maximum Gasteiger partial charge on any atom is 0.137 e. The molecule has 0 aromatic rings. The molecular formula is C23H37NO. The Morgan fingerprint density at radius 1 is 1.20 bits per heavy atom. The number of hydrogen-bond acceptors (Lipinski definition) is 2. The van der Waals surface area contributed by atoms with Crippen molar-refractivity contribution in [1.82, 2.24) is 0 Å². The summed E-state index contributed by atoms with van der Waals surface area (Å²) in [5.41, 5.74) is 8.07. The fourth-order valence-electron chi connectivity index (χ4n) is 7.76. The van der Waals surface area contributed by atoms with Crippen LogP contribution in [0, 0.1) is 40.9 Å². The topological polar surface area (TPSA) is 43.1 Å². The summed E-state index contributed by atoms with van der Waals surface area (Å²) in [6.45, 7) is 6.77. The van der Waals surface area contributed by atoms with Gasteiger partial charge in [0.2, 0.25) is 0 Å². The highest BCUT2D eigenvalue weighted by atomic mass is 16.1. The average molecular weight is 344 g/mol. The van der Waals surface area contributed by atoms with E-state index in [1.807, 2.05) is 0 Å². The predicted molar refractivity (Wildman–Crippen MR) is 103 cm³/mol. The van der Waals surface area contributed by atoms with Crippen molar-refractivity contribution in [2.75, 3.05) is 0 Å². The summed E-state index contributed by atoms with van der Waals surface area (Å²) in [7, 11) is 0. The Balaban J connectivity index is 1.57. The van der Waals surface area contributed by atoms with Gasteiger partial charge in [-0.05, 0) is 73.0 Å². The van der Waals surface area contributed by atoms with Gasteiger partial charge in [-0.2, -0.15) is 0 Å². The molecule has 0 aliphatic heterocycles. The molecule has 4 aliphatic rings. The van der Waals surface area contributed by atoms with Crippen LogP contribution < -0.4 is 5.73 Å². The minimum atomic E-state index is -0.247. The van der Waals surface area contributed by atoms with Crippen LogP contribution in [0.2, 0.25) is 0 Å². The third-order valence-corrected chi connectivity index (χ3v) is 8.81. The second-order valence-corrected chi connectivity index (χ2v) is 9.75. The van der Waals surface area contributed by atoms with E-state index >= 15 is 0 Å². The summed E-state index contributed by atoms with van der Waals surface area (Å²) in [4.78, 5) is 11.6. The van der Waals surface area contributed by atoms with E-state index in [1.165, 1.54) is 63.4 Å². The molecule has 7 unspecified atom stereocenters. The van der Waals surface area contributed by atoms with Crippen molar-refractivity contribution in [3.8, 4) is 0 Å². The van der Waals surface area contributed by atoms with Crippen LogP contribution >= 0.6 is 0 Å². The molecule has 2 nitrogen and oxygen atoms in total. The predicted octanol–water partition coefficient (Wildman–Crippen LogP) is 5.12. The quantitative estimate of drug-likeness (QED) is 0.556. The first kappa shape index (κ1) is 17.8. The second kappa shape index (κ2) is 6.83. The standard InChI is InChI=1S/C23H37NO/c1-3-11-23(21(24)14-25)20-10-9-15(2)18-12-17(13-19(18)22(20)23)16-7-5-4-6-8-16/h14,16-22H,2-13,24H2,1H3. The summed E-state index contributed by atoms with van der Waals surface area (Å²) >= 11 is 0. The van der Waals surface area contributed by atoms with Crippen LogP contribution in [-0.4, -0.2) is 12.3 Å². The Kier molecular flexibility index (Phi) is 4.86. The zero-order valence-electron chi connectivity index (χ0n) is 16.1. The molecule has 140 valence electrons. The van der Waals surface area contributed by atoms with E-state index in [-0.39, 0.29) is 11.5 Å². The van der Waals surface area contributed by atoms with Gasteiger partial charge in [-0.1, -0.05) is 57.6 Å². The van der Waals surface area contributed by atoms with Gasteiger partial charge in [0.1, 0.15) is 6.29 Å². The van der Waals surface area contributed by atoms with E-state index in [9.17, 15) is 4.79 Å². The van der Waals surface area contributed by atoms with Crippen molar-refractivity contribution in [1.29, 1.82) is 0 Å². The van der Waals surface area contributed by atoms with Crippen molar-refractivity contribution in [2.24, 2.45) is 46.7 Å². The maximum absolute atomic E-state index is 11.6. The van der Waals surface area contributed by atoms with Crippen LogP contribution in [0.3, 0.4) is 0 Å². The minimum absolute atomic E-state index is 0.127. The molecule has 0 radical (unpaired) electrons. The number of carbonyl (C=O) groups excluding carboxylic acids is 1. The highest BCUT2D eigenvalue weighted by molar-refractivity contribution is 5.61. The van der Waals surface area contributed by atoms with E-state index in [1.54, 1.807) is 0 Å². The molecule has 0 bridgehead atoms. The first-order valence-corrected chi connectivity index (χ1v) is 11.0. The van der Waals surface area contributed by atoms with Gasteiger partial charge in [-0.25, -0.2) is 0 Å². The number of nitrogens with two attached hydrogens (primary N) is 1. The molecule has 4 fully saturated rings. The molecular weight excluding hydrogens is 306 g/mol. The first-order valence-electron chi connectivity index (χ1n) is 11.0. The number of carbonyl (C=O) groups is 1. The largest absolute Gasteiger partial charge is 0.321 e. The third-order valence-electron chi connectivity index (χ3n) is 8.81. The molecule has 4 rings (SSSR count). The van der Waals surface area contributed by atoms with Crippen molar-refractivity contribution in [3.05, 3.63) is 12.2 Å². The summed E-state index contributed by atoms with van der Waals surface area (Å²) in [5, 5.41) is 0. The fraction of sp³-hybridized carbons (Fsp3) is 0.870. The monoisotopic (exact) mass is 343 g/mol. The number of hydrogen-bond donors (Lipinski definition) is 1. The molecule has 0 amide bonds. The Bertz CT molecular complexity index is 522.